The van der Waals surface area contributed by atoms with Crippen molar-refractivity contribution in [3.05, 3.63) is 11.1 Å². The number of carbonyl (C=O) groups is 4. The van der Waals surface area contributed by atoms with Gasteiger partial charge in [-0.1, -0.05) is 41.5 Å². The van der Waals surface area contributed by atoms with E-state index in [9.17, 15) is 37.5 Å². The summed E-state index contributed by atoms with van der Waals surface area (Å²) in [6.07, 6.45) is 0.952. The van der Waals surface area contributed by atoms with Gasteiger partial charge in [0, 0.05) is 11.8 Å². The number of amides is 1. The molecule has 8 atom stereocenters. The highest BCUT2D eigenvalue weighted by molar-refractivity contribution is 6.07. The molecule has 0 aromatic rings. The van der Waals surface area contributed by atoms with E-state index in [4.69, 9.17) is 4.74 Å². The summed E-state index contributed by atoms with van der Waals surface area (Å²) in [5.41, 5.74) is -3.86. The third kappa shape index (κ3) is 5.77. The van der Waals surface area contributed by atoms with Crippen molar-refractivity contribution in [1.82, 2.24) is 5.32 Å². The minimum atomic E-state index is -4.64. The van der Waals surface area contributed by atoms with Gasteiger partial charge < -0.3 is 15.2 Å². The number of carboxylic acid groups (broad SMARTS) is 1. The lowest BCUT2D eigenvalue weighted by atomic mass is 9.36. The van der Waals surface area contributed by atoms with Gasteiger partial charge in [0.15, 0.2) is 5.78 Å². The Balaban J connectivity index is 1.44. The fourth-order valence-corrected chi connectivity index (χ4v) is 11.9. The number of allylic oxidation sites excluding steroid dienone is 1. The summed E-state index contributed by atoms with van der Waals surface area (Å²) in [5, 5.41) is 11.9. The zero-order chi connectivity index (χ0) is 36.9. The van der Waals surface area contributed by atoms with Gasteiger partial charge in [-0.2, -0.15) is 13.2 Å². The van der Waals surface area contributed by atoms with Crippen LogP contribution in [0.1, 0.15) is 133 Å². The van der Waals surface area contributed by atoms with Crippen LogP contribution >= 0.6 is 0 Å². The fraction of sp³-hybridized carbons (Fsp3) is 0.846. The van der Waals surface area contributed by atoms with E-state index in [0.29, 0.717) is 30.8 Å². The number of aliphatic carboxylic acids is 1. The van der Waals surface area contributed by atoms with Crippen LogP contribution in [0, 0.1) is 56.7 Å². The highest BCUT2D eigenvalue weighted by atomic mass is 19.4. The maximum absolute atomic E-state index is 14.1. The Bertz CT molecular complexity index is 1440. The second kappa shape index (κ2) is 11.8. The van der Waals surface area contributed by atoms with Crippen molar-refractivity contribution in [2.45, 2.75) is 151 Å². The van der Waals surface area contributed by atoms with E-state index in [1.165, 1.54) is 13.8 Å². The second-order valence-electron chi connectivity index (χ2n) is 18.9. The largest absolute Gasteiger partial charge is 0.481 e. The number of carbonyl (C=O) groups excluding carboxylic acids is 3. The first kappa shape index (κ1) is 37.9. The smallest absolute Gasteiger partial charge is 0.410 e. The molecule has 4 fully saturated rings. The first-order chi connectivity index (χ1) is 22.3. The normalized spacial score (nSPS) is 37.5. The van der Waals surface area contributed by atoms with Crippen LogP contribution in [0.2, 0.25) is 0 Å². The van der Waals surface area contributed by atoms with E-state index in [1.807, 2.05) is 13.8 Å². The minimum absolute atomic E-state index is 0.0401. The van der Waals surface area contributed by atoms with E-state index in [0.717, 1.165) is 51.5 Å². The molecule has 0 heterocycles. The molecule has 5 aliphatic carbocycles. The molecule has 5 rings (SSSR count). The molecule has 0 aliphatic heterocycles. The van der Waals surface area contributed by atoms with Gasteiger partial charge in [-0.3, -0.25) is 19.2 Å². The van der Waals surface area contributed by atoms with Crippen molar-refractivity contribution < 1.29 is 42.2 Å². The molecular weight excluding hydrogens is 635 g/mol. The predicted octanol–water partition coefficient (Wildman–Crippen LogP) is 8.45. The van der Waals surface area contributed by atoms with Crippen LogP contribution in [0.25, 0.3) is 0 Å². The first-order valence-electron chi connectivity index (χ1n) is 18.4. The second-order valence-corrected chi connectivity index (χ2v) is 18.9. The Kier molecular flexibility index (Phi) is 9.14. The van der Waals surface area contributed by atoms with Crippen LogP contribution in [0.5, 0.6) is 0 Å². The van der Waals surface area contributed by atoms with Gasteiger partial charge in [0.1, 0.15) is 11.6 Å². The van der Waals surface area contributed by atoms with Crippen molar-refractivity contribution in [3.63, 3.8) is 0 Å². The molecule has 0 saturated heterocycles. The number of ketones is 1. The first-order valence-corrected chi connectivity index (χ1v) is 18.4. The average Bonchev–Trinajstić information content (AvgIpc) is 3.27. The quantitative estimate of drug-likeness (QED) is 0.259. The van der Waals surface area contributed by atoms with E-state index < -0.39 is 40.4 Å². The fourth-order valence-electron chi connectivity index (χ4n) is 11.9. The number of rotatable bonds is 7. The van der Waals surface area contributed by atoms with Crippen molar-refractivity contribution in [2.75, 3.05) is 0 Å². The van der Waals surface area contributed by atoms with Crippen LogP contribution in [0.15, 0.2) is 11.1 Å². The molecule has 2 N–H and O–H groups in total. The SMILES string of the molecule is CC(C)C1=C2C3CCC4[C@@](C)(CCC5C(C)(C)[C@@H](OC(=O)CC(C)(C)C(=O)O)CC[C@@]54C)C3CCC2(C(=O)NC(C)(C)C(F)(F)F)CC1=O. The van der Waals surface area contributed by atoms with Crippen LogP contribution in [-0.4, -0.2) is 46.6 Å². The Morgan fingerprint density at radius 1 is 0.898 bits per heavy atom. The maximum Gasteiger partial charge on any atom is 0.410 e. The monoisotopic (exact) mass is 693 g/mol. The number of alkyl halides is 3. The molecule has 5 unspecified atom stereocenters. The third-order valence-corrected chi connectivity index (χ3v) is 14.5. The van der Waals surface area contributed by atoms with Gasteiger partial charge in [-0.25, -0.2) is 0 Å². The topological polar surface area (TPSA) is 110 Å². The highest BCUT2D eigenvalue weighted by Crippen LogP contribution is 2.73. The maximum atomic E-state index is 14.1. The minimum Gasteiger partial charge on any atom is -0.481 e. The average molecular weight is 694 g/mol. The Hall–Kier alpha value is -2.39. The lowest BCUT2D eigenvalue weighted by Gasteiger charge is -2.68. The number of halogens is 3. The Morgan fingerprint density at radius 2 is 1.51 bits per heavy atom. The van der Waals surface area contributed by atoms with E-state index in [2.05, 4.69) is 33.0 Å². The van der Waals surface area contributed by atoms with E-state index in [-0.39, 0.29) is 64.6 Å². The standard InChI is InChI=1S/C39H58F3NO6/c1-21(2)29-24(44)19-38(31(46)43-35(7,8)39(40,41)42)18-13-23-22(30(29)38)11-12-26-36(23,9)16-14-25-34(5,6)27(15-17-37(25,26)10)49-28(45)20-33(3,4)32(47)48/h21-23,25-27H,11-20H2,1-10H3,(H,43,46)(H,47,48)/t22?,23?,25?,26?,27-,36-,37-,38?/m0/s1. The third-order valence-electron chi connectivity index (χ3n) is 14.5. The van der Waals surface area contributed by atoms with Gasteiger partial charge in [-0.15, -0.1) is 0 Å². The number of esters is 1. The molecule has 1 amide bonds. The van der Waals surface area contributed by atoms with Crippen LogP contribution in [-0.2, 0) is 23.9 Å². The van der Waals surface area contributed by atoms with Gasteiger partial charge in [-0.05, 0) is 131 Å². The number of nitrogens with one attached hydrogen (secondary N) is 1. The van der Waals surface area contributed by atoms with E-state index in [1.54, 1.807) is 0 Å². The summed E-state index contributed by atoms with van der Waals surface area (Å²) in [7, 11) is 0. The molecule has 0 aromatic heterocycles. The van der Waals surface area contributed by atoms with Crippen molar-refractivity contribution in [1.29, 1.82) is 0 Å². The van der Waals surface area contributed by atoms with Gasteiger partial charge in [0.25, 0.3) is 0 Å². The summed E-state index contributed by atoms with van der Waals surface area (Å²) in [6, 6.07) is 0. The summed E-state index contributed by atoms with van der Waals surface area (Å²) >= 11 is 0. The highest BCUT2D eigenvalue weighted by Gasteiger charge is 2.68. The van der Waals surface area contributed by atoms with Crippen LogP contribution < -0.4 is 5.32 Å². The molecule has 276 valence electrons. The molecule has 0 aromatic carbocycles. The zero-order valence-corrected chi connectivity index (χ0v) is 31.2. The molecule has 0 radical (unpaired) electrons. The molecule has 4 saturated carbocycles. The molecule has 0 spiro atoms. The van der Waals surface area contributed by atoms with Gasteiger partial charge in [0.2, 0.25) is 5.91 Å². The molecule has 0 bridgehead atoms. The van der Waals surface area contributed by atoms with Gasteiger partial charge in [0.05, 0.1) is 17.3 Å². The Labute approximate surface area is 289 Å². The Morgan fingerprint density at radius 3 is 2.08 bits per heavy atom. The number of ether oxygens (including phenoxy) is 1. The summed E-state index contributed by atoms with van der Waals surface area (Å²) in [6.45, 7) is 18.1. The number of hydrogen-bond acceptors (Lipinski definition) is 5. The number of carboxylic acids is 1. The van der Waals surface area contributed by atoms with Crippen molar-refractivity contribution in [3.8, 4) is 0 Å². The predicted molar refractivity (Wildman–Crippen MR) is 179 cm³/mol. The molecular formula is C39H58F3NO6. The summed E-state index contributed by atoms with van der Waals surface area (Å²) in [5.74, 6) is -1.64. The lowest BCUT2D eigenvalue weighted by molar-refractivity contribution is -0.214. The summed E-state index contributed by atoms with van der Waals surface area (Å²) < 4.78 is 47.9. The van der Waals surface area contributed by atoms with Crippen molar-refractivity contribution in [2.24, 2.45) is 56.7 Å². The number of fused-ring (bicyclic) bond motifs is 7. The van der Waals surface area contributed by atoms with Crippen molar-refractivity contribution >= 4 is 23.6 Å². The van der Waals surface area contributed by atoms with Crippen LogP contribution in [0.4, 0.5) is 13.2 Å². The summed E-state index contributed by atoms with van der Waals surface area (Å²) in [4.78, 5) is 52.4. The van der Waals surface area contributed by atoms with E-state index >= 15 is 0 Å². The molecule has 49 heavy (non-hydrogen) atoms. The van der Waals surface area contributed by atoms with Crippen LogP contribution in [0.3, 0.4) is 0 Å². The zero-order valence-electron chi connectivity index (χ0n) is 31.2. The molecule has 7 nitrogen and oxygen atoms in total. The lowest BCUT2D eigenvalue weighted by Crippen LogP contribution is -2.64. The molecule has 5 aliphatic rings. The number of hydrogen-bond donors (Lipinski definition) is 2. The number of Topliss-reactive ketones (excluding diaryl/α,β-unsaturated/α-hetero) is 1. The van der Waals surface area contributed by atoms with Gasteiger partial charge >= 0.3 is 18.1 Å². The molecule has 10 heteroatoms.